The van der Waals surface area contributed by atoms with Crippen molar-refractivity contribution in [3.8, 4) is 11.1 Å². The maximum Gasteiger partial charge on any atom is 0.309 e. The summed E-state index contributed by atoms with van der Waals surface area (Å²) in [6, 6.07) is 22.2. The first-order chi connectivity index (χ1) is 17.4. The molecule has 4 fully saturated rings. The SMILES string of the molecule is O=C(NC1(C23CC(C(=O)O)(C2)C3)CC1)c1cccc2ccn(Cc3ccc(-c4ccccc4)cn3)c12. The Bertz CT molecular complexity index is 1500. The van der Waals surface area contributed by atoms with Crippen molar-refractivity contribution >= 4 is 22.8 Å². The Kier molecular flexibility index (Phi) is 4.33. The summed E-state index contributed by atoms with van der Waals surface area (Å²) in [6.45, 7) is 0.569. The van der Waals surface area contributed by atoms with E-state index in [1.165, 1.54) is 0 Å². The van der Waals surface area contributed by atoms with E-state index in [4.69, 9.17) is 0 Å². The number of aromatic nitrogens is 2. The number of carboxylic acids is 1. The van der Waals surface area contributed by atoms with Crippen LogP contribution in [0.15, 0.2) is 79.1 Å². The number of amides is 1. The predicted molar refractivity (Wildman–Crippen MR) is 136 cm³/mol. The fourth-order valence-electron chi connectivity index (χ4n) is 6.79. The number of carbonyl (C=O) groups excluding carboxylic acids is 1. The van der Waals surface area contributed by atoms with E-state index < -0.39 is 11.4 Å². The molecule has 2 N–H and O–H groups in total. The van der Waals surface area contributed by atoms with Gasteiger partial charge in [0.2, 0.25) is 0 Å². The van der Waals surface area contributed by atoms with Crippen LogP contribution in [0, 0.1) is 10.8 Å². The predicted octanol–water partition coefficient (Wildman–Crippen LogP) is 5.27. The van der Waals surface area contributed by atoms with E-state index in [1.807, 2.05) is 60.9 Å². The molecule has 4 aliphatic rings. The normalized spacial score (nSPS) is 25.0. The molecule has 0 unspecified atom stereocenters. The number of carboxylic acid groups (broad SMARTS) is 1. The number of hydrogen-bond donors (Lipinski definition) is 2. The van der Waals surface area contributed by atoms with Crippen molar-refractivity contribution in [2.75, 3.05) is 0 Å². The molecule has 2 aromatic carbocycles. The van der Waals surface area contributed by atoms with Crippen molar-refractivity contribution in [1.82, 2.24) is 14.9 Å². The fraction of sp³-hybridized carbons (Fsp3) is 0.300. The summed E-state index contributed by atoms with van der Waals surface area (Å²) >= 11 is 0. The molecule has 6 nitrogen and oxygen atoms in total. The van der Waals surface area contributed by atoms with Crippen LogP contribution in [0.4, 0.5) is 0 Å². The van der Waals surface area contributed by atoms with Gasteiger partial charge in [-0.25, -0.2) is 0 Å². The Morgan fingerprint density at radius 3 is 2.36 bits per heavy atom. The number of aliphatic carboxylic acids is 1. The van der Waals surface area contributed by atoms with Gasteiger partial charge in [-0.05, 0) is 61.3 Å². The Balaban J connectivity index is 1.13. The van der Waals surface area contributed by atoms with Gasteiger partial charge in [-0.1, -0.05) is 48.5 Å². The van der Waals surface area contributed by atoms with Crippen LogP contribution < -0.4 is 5.32 Å². The minimum absolute atomic E-state index is 0.0264. The van der Waals surface area contributed by atoms with E-state index >= 15 is 0 Å². The van der Waals surface area contributed by atoms with Crippen LogP contribution >= 0.6 is 0 Å². The number of hydrogen-bond acceptors (Lipinski definition) is 3. The van der Waals surface area contributed by atoms with Gasteiger partial charge in [0.25, 0.3) is 5.91 Å². The fourth-order valence-corrected chi connectivity index (χ4v) is 6.79. The van der Waals surface area contributed by atoms with Crippen molar-refractivity contribution in [2.45, 2.75) is 44.2 Å². The molecule has 4 aliphatic carbocycles. The van der Waals surface area contributed by atoms with Gasteiger partial charge in [0.05, 0.1) is 28.7 Å². The second-order valence-electron chi connectivity index (χ2n) is 11.0. The maximum atomic E-state index is 13.6. The summed E-state index contributed by atoms with van der Waals surface area (Å²) in [5.41, 5.74) is 3.89. The Morgan fingerprint density at radius 2 is 1.69 bits per heavy atom. The third-order valence-electron chi connectivity index (χ3n) is 8.90. The quantitative estimate of drug-likeness (QED) is 0.380. The lowest BCUT2D eigenvalue weighted by Crippen LogP contribution is -2.73. The molecule has 2 aromatic heterocycles. The van der Waals surface area contributed by atoms with Gasteiger partial charge in [0.1, 0.15) is 0 Å². The topological polar surface area (TPSA) is 84.2 Å². The van der Waals surface area contributed by atoms with Crippen LogP contribution in [0.5, 0.6) is 0 Å². The molecule has 180 valence electrons. The lowest BCUT2D eigenvalue weighted by Gasteiger charge is -2.71. The molecular formula is C30H27N3O3. The van der Waals surface area contributed by atoms with Crippen molar-refractivity contribution < 1.29 is 14.7 Å². The van der Waals surface area contributed by atoms with Crippen molar-refractivity contribution in [3.63, 3.8) is 0 Å². The van der Waals surface area contributed by atoms with Crippen LogP contribution in [0.3, 0.4) is 0 Å². The molecular weight excluding hydrogens is 450 g/mol. The zero-order valence-corrected chi connectivity index (χ0v) is 19.9. The smallest absolute Gasteiger partial charge is 0.309 e. The zero-order valence-electron chi connectivity index (χ0n) is 19.9. The molecule has 0 spiro atoms. The Morgan fingerprint density at radius 1 is 0.917 bits per heavy atom. The number of benzene rings is 2. The van der Waals surface area contributed by atoms with Crippen LogP contribution in [0.1, 0.15) is 48.2 Å². The Labute approximate surface area is 209 Å². The summed E-state index contributed by atoms with van der Waals surface area (Å²) in [7, 11) is 0. The molecule has 36 heavy (non-hydrogen) atoms. The third-order valence-corrected chi connectivity index (χ3v) is 8.90. The molecule has 0 atom stereocenters. The largest absolute Gasteiger partial charge is 0.481 e. The van der Waals surface area contributed by atoms with Crippen LogP contribution in [-0.4, -0.2) is 32.1 Å². The number of nitrogens with zero attached hydrogens (tertiary/aromatic N) is 2. The summed E-state index contributed by atoms with van der Waals surface area (Å²) in [4.78, 5) is 29.8. The van der Waals surface area contributed by atoms with E-state index in [0.29, 0.717) is 31.4 Å². The average molecular weight is 478 g/mol. The Hall–Kier alpha value is -3.93. The molecule has 2 bridgehead atoms. The number of carbonyl (C=O) groups is 2. The number of pyridine rings is 1. The highest BCUT2D eigenvalue weighted by Crippen LogP contribution is 2.81. The summed E-state index contributed by atoms with van der Waals surface area (Å²) in [5, 5.41) is 13.9. The molecule has 0 radical (unpaired) electrons. The van der Waals surface area contributed by atoms with Crippen LogP contribution in [0.2, 0.25) is 0 Å². The van der Waals surface area contributed by atoms with Gasteiger partial charge in [-0.3, -0.25) is 14.6 Å². The van der Waals surface area contributed by atoms with Gasteiger partial charge >= 0.3 is 5.97 Å². The molecule has 1 amide bonds. The van der Waals surface area contributed by atoms with E-state index in [1.54, 1.807) is 0 Å². The minimum Gasteiger partial charge on any atom is -0.481 e. The molecule has 2 heterocycles. The molecule has 0 saturated heterocycles. The number of para-hydroxylation sites is 1. The van der Waals surface area contributed by atoms with Gasteiger partial charge in [-0.2, -0.15) is 0 Å². The van der Waals surface area contributed by atoms with E-state index in [-0.39, 0.29) is 16.9 Å². The summed E-state index contributed by atoms with van der Waals surface area (Å²) in [5.74, 6) is -0.751. The van der Waals surface area contributed by atoms with Gasteiger partial charge in [0.15, 0.2) is 0 Å². The molecule has 0 aliphatic heterocycles. The van der Waals surface area contributed by atoms with Crippen LogP contribution in [-0.2, 0) is 11.3 Å². The van der Waals surface area contributed by atoms with Crippen molar-refractivity contribution in [2.24, 2.45) is 10.8 Å². The zero-order chi connectivity index (χ0) is 24.5. The molecule has 6 heteroatoms. The highest BCUT2D eigenvalue weighted by molar-refractivity contribution is 6.06. The van der Waals surface area contributed by atoms with E-state index in [9.17, 15) is 14.7 Å². The second kappa shape index (κ2) is 7.29. The monoisotopic (exact) mass is 477 g/mol. The first kappa shape index (κ1) is 21.4. The first-order valence-electron chi connectivity index (χ1n) is 12.6. The number of rotatable bonds is 7. The van der Waals surface area contributed by atoms with Gasteiger partial charge in [0, 0.05) is 28.9 Å². The van der Waals surface area contributed by atoms with Gasteiger partial charge < -0.3 is 15.0 Å². The highest BCUT2D eigenvalue weighted by atomic mass is 16.4. The minimum atomic E-state index is -0.681. The second-order valence-corrected chi connectivity index (χ2v) is 11.0. The summed E-state index contributed by atoms with van der Waals surface area (Å²) in [6.07, 6.45) is 7.86. The molecule has 4 aromatic rings. The third kappa shape index (κ3) is 3.00. The summed E-state index contributed by atoms with van der Waals surface area (Å²) < 4.78 is 2.09. The van der Waals surface area contributed by atoms with Crippen LogP contribution in [0.25, 0.3) is 22.0 Å². The molecule has 8 rings (SSSR count). The average Bonchev–Trinajstić information content (AvgIpc) is 3.48. The van der Waals surface area contributed by atoms with Gasteiger partial charge in [-0.15, -0.1) is 0 Å². The maximum absolute atomic E-state index is 13.6. The van der Waals surface area contributed by atoms with Crippen molar-refractivity contribution in [1.29, 1.82) is 0 Å². The number of nitrogens with one attached hydrogen (secondary N) is 1. The first-order valence-corrected chi connectivity index (χ1v) is 12.6. The standard InChI is InChI=1S/C30H27N3O3/c34-26(32-30(12-13-30)29-17-28(18-29,19-29)27(35)36)24-8-4-7-21-11-14-33(25(21)24)16-23-10-9-22(15-31-23)20-5-2-1-3-6-20/h1-11,14-15H,12-13,16-19H2,(H,32,34)(H,35,36). The molecule has 4 saturated carbocycles. The lowest BCUT2D eigenvalue weighted by molar-refractivity contribution is -0.236. The van der Waals surface area contributed by atoms with E-state index in [0.717, 1.165) is 40.6 Å². The van der Waals surface area contributed by atoms with E-state index in [2.05, 4.69) is 33.1 Å². The number of fused-ring (bicyclic) bond motifs is 1. The lowest BCUT2D eigenvalue weighted by atomic mass is 9.32. The van der Waals surface area contributed by atoms with Crippen molar-refractivity contribution in [3.05, 3.63) is 90.4 Å². The highest BCUT2D eigenvalue weighted by Gasteiger charge is 2.81.